The summed E-state index contributed by atoms with van der Waals surface area (Å²) in [6, 6.07) is 14.9. The van der Waals surface area contributed by atoms with Crippen LogP contribution in [-0.2, 0) is 10.5 Å². The van der Waals surface area contributed by atoms with E-state index >= 15 is 0 Å². The highest BCUT2D eigenvalue weighted by Crippen LogP contribution is 2.29. The van der Waals surface area contributed by atoms with Crippen molar-refractivity contribution < 1.29 is 9.53 Å². The molecule has 0 fully saturated rings. The van der Waals surface area contributed by atoms with Gasteiger partial charge in [-0.1, -0.05) is 59.8 Å². The van der Waals surface area contributed by atoms with Gasteiger partial charge < -0.3 is 4.74 Å². The first-order chi connectivity index (χ1) is 12.5. The molecule has 0 saturated heterocycles. The molecule has 3 aromatic rings. The Morgan fingerprint density at radius 2 is 1.96 bits per heavy atom. The number of halogens is 1. The van der Waals surface area contributed by atoms with Crippen molar-refractivity contribution in [3.63, 3.8) is 0 Å². The molecule has 3 nitrogen and oxygen atoms in total. The predicted octanol–water partition coefficient (Wildman–Crippen LogP) is 6.32. The van der Waals surface area contributed by atoms with Crippen LogP contribution in [0.3, 0.4) is 0 Å². The van der Waals surface area contributed by atoms with Gasteiger partial charge >= 0.3 is 5.97 Å². The molecule has 0 saturated carbocycles. The third-order valence-corrected chi connectivity index (χ3v) is 6.35. The SMILES string of the molecule is Cc1csc(SCc2ccccc2C(=O)O[C@H](C)c2ccccc2Cl)n1. The molecule has 0 aliphatic rings. The Kier molecular flexibility index (Phi) is 6.35. The van der Waals surface area contributed by atoms with Crippen molar-refractivity contribution in [2.24, 2.45) is 0 Å². The Balaban J connectivity index is 1.72. The lowest BCUT2D eigenvalue weighted by Crippen LogP contribution is -2.11. The van der Waals surface area contributed by atoms with E-state index in [2.05, 4.69) is 4.98 Å². The van der Waals surface area contributed by atoms with Crippen LogP contribution < -0.4 is 0 Å². The van der Waals surface area contributed by atoms with Crippen molar-refractivity contribution in [3.8, 4) is 0 Å². The Morgan fingerprint density at radius 3 is 2.69 bits per heavy atom. The van der Waals surface area contributed by atoms with Crippen molar-refractivity contribution in [2.45, 2.75) is 30.0 Å². The van der Waals surface area contributed by atoms with Gasteiger partial charge in [0.05, 0.1) is 5.56 Å². The second-order valence-electron chi connectivity index (χ2n) is 5.77. The van der Waals surface area contributed by atoms with Crippen LogP contribution in [0.4, 0.5) is 0 Å². The van der Waals surface area contributed by atoms with Crippen molar-refractivity contribution >= 4 is 40.7 Å². The monoisotopic (exact) mass is 403 g/mol. The van der Waals surface area contributed by atoms with Gasteiger partial charge in [0.25, 0.3) is 0 Å². The molecule has 1 aromatic heterocycles. The summed E-state index contributed by atoms with van der Waals surface area (Å²) >= 11 is 9.43. The third kappa shape index (κ3) is 4.67. The largest absolute Gasteiger partial charge is 0.454 e. The zero-order valence-corrected chi connectivity index (χ0v) is 16.8. The second kappa shape index (κ2) is 8.71. The van der Waals surface area contributed by atoms with Gasteiger partial charge in [-0.3, -0.25) is 0 Å². The Morgan fingerprint density at radius 1 is 1.23 bits per heavy atom. The summed E-state index contributed by atoms with van der Waals surface area (Å²) in [5.74, 6) is 0.322. The number of benzene rings is 2. The molecule has 1 atom stereocenters. The van der Waals surface area contributed by atoms with Gasteiger partial charge in [-0.25, -0.2) is 9.78 Å². The zero-order chi connectivity index (χ0) is 18.5. The fourth-order valence-corrected chi connectivity index (χ4v) is 4.62. The van der Waals surface area contributed by atoms with E-state index in [9.17, 15) is 4.79 Å². The van der Waals surface area contributed by atoms with E-state index in [1.807, 2.05) is 55.6 Å². The first kappa shape index (κ1) is 19.0. The molecule has 3 rings (SSSR count). The minimum absolute atomic E-state index is 0.344. The van der Waals surface area contributed by atoms with E-state index in [-0.39, 0.29) is 5.97 Å². The highest BCUT2D eigenvalue weighted by atomic mass is 35.5. The van der Waals surface area contributed by atoms with Crippen molar-refractivity contribution in [1.82, 2.24) is 4.98 Å². The highest BCUT2D eigenvalue weighted by molar-refractivity contribution is 8.00. The molecular weight excluding hydrogens is 386 g/mol. The van der Waals surface area contributed by atoms with Crippen LogP contribution in [0.15, 0.2) is 58.3 Å². The van der Waals surface area contributed by atoms with Crippen LogP contribution in [-0.4, -0.2) is 11.0 Å². The Labute approximate surface area is 166 Å². The summed E-state index contributed by atoms with van der Waals surface area (Å²) in [5, 5.41) is 2.61. The van der Waals surface area contributed by atoms with E-state index in [1.54, 1.807) is 35.2 Å². The lowest BCUT2D eigenvalue weighted by Gasteiger charge is -2.16. The molecule has 0 aliphatic carbocycles. The smallest absolute Gasteiger partial charge is 0.339 e. The molecule has 0 bridgehead atoms. The third-order valence-electron chi connectivity index (χ3n) is 3.81. The number of aromatic nitrogens is 1. The molecule has 1 heterocycles. The molecule has 0 spiro atoms. The molecule has 134 valence electrons. The molecular formula is C20H18ClNO2S2. The van der Waals surface area contributed by atoms with Crippen molar-refractivity contribution in [3.05, 3.63) is 81.3 Å². The molecule has 2 aromatic carbocycles. The van der Waals surface area contributed by atoms with Crippen LogP contribution in [0.2, 0.25) is 5.02 Å². The standard InChI is InChI=1S/C20H18ClNO2S2/c1-13-11-25-20(22-13)26-12-15-7-3-4-9-17(15)19(23)24-14(2)16-8-5-6-10-18(16)21/h3-11,14H,12H2,1-2H3/t14-/m1/s1. The van der Waals surface area contributed by atoms with E-state index in [0.29, 0.717) is 16.3 Å². The molecule has 0 radical (unpaired) electrons. The summed E-state index contributed by atoms with van der Waals surface area (Å²) in [5.41, 5.74) is 3.32. The molecule has 0 unspecified atom stereocenters. The summed E-state index contributed by atoms with van der Waals surface area (Å²) in [6.45, 7) is 3.80. The number of thiazole rings is 1. The average molecular weight is 404 g/mol. The summed E-state index contributed by atoms with van der Waals surface area (Å²) in [7, 11) is 0. The second-order valence-corrected chi connectivity index (χ2v) is 8.26. The summed E-state index contributed by atoms with van der Waals surface area (Å²) in [4.78, 5) is 17.1. The van der Waals surface area contributed by atoms with Crippen LogP contribution in [0.25, 0.3) is 0 Å². The van der Waals surface area contributed by atoms with Gasteiger partial charge in [0.15, 0.2) is 0 Å². The Bertz CT molecular complexity index is 910. The maximum Gasteiger partial charge on any atom is 0.339 e. The number of rotatable bonds is 6. The van der Waals surface area contributed by atoms with Gasteiger partial charge in [-0.15, -0.1) is 11.3 Å². The van der Waals surface area contributed by atoms with Gasteiger partial charge in [-0.2, -0.15) is 0 Å². The number of hydrogen-bond donors (Lipinski definition) is 0. The van der Waals surface area contributed by atoms with E-state index in [4.69, 9.17) is 16.3 Å². The van der Waals surface area contributed by atoms with Gasteiger partial charge in [0, 0.05) is 27.4 Å². The molecule has 26 heavy (non-hydrogen) atoms. The number of esters is 1. The van der Waals surface area contributed by atoms with Crippen LogP contribution in [0, 0.1) is 6.92 Å². The first-order valence-corrected chi connectivity index (χ1v) is 10.4. The minimum atomic E-state index is -0.418. The number of carbonyl (C=O) groups is 1. The van der Waals surface area contributed by atoms with Crippen molar-refractivity contribution in [2.75, 3.05) is 0 Å². The number of hydrogen-bond acceptors (Lipinski definition) is 5. The lowest BCUT2D eigenvalue weighted by molar-refractivity contribution is 0.0337. The van der Waals surface area contributed by atoms with Gasteiger partial charge in [-0.05, 0) is 31.5 Å². The molecule has 0 amide bonds. The summed E-state index contributed by atoms with van der Waals surface area (Å²) < 4.78 is 6.65. The van der Waals surface area contributed by atoms with E-state index in [0.717, 1.165) is 21.2 Å². The first-order valence-electron chi connectivity index (χ1n) is 8.13. The number of ether oxygens (including phenoxy) is 1. The number of thioether (sulfide) groups is 1. The zero-order valence-electron chi connectivity index (χ0n) is 14.4. The highest BCUT2D eigenvalue weighted by Gasteiger charge is 2.18. The van der Waals surface area contributed by atoms with Crippen LogP contribution in [0.1, 0.15) is 40.2 Å². The fraction of sp³-hybridized carbons (Fsp3) is 0.200. The fourth-order valence-electron chi connectivity index (χ4n) is 2.48. The summed E-state index contributed by atoms with van der Waals surface area (Å²) in [6.07, 6.45) is -0.418. The van der Waals surface area contributed by atoms with Gasteiger partial charge in [0.1, 0.15) is 10.4 Å². The maximum atomic E-state index is 12.7. The molecule has 0 aliphatic heterocycles. The predicted molar refractivity (Wildman–Crippen MR) is 108 cm³/mol. The Hall–Kier alpha value is -1.82. The van der Waals surface area contributed by atoms with Crippen molar-refractivity contribution in [1.29, 1.82) is 0 Å². The van der Waals surface area contributed by atoms with E-state index in [1.165, 1.54) is 0 Å². The molecule has 0 N–H and O–H groups in total. The van der Waals surface area contributed by atoms with Crippen LogP contribution >= 0.6 is 34.7 Å². The number of aryl methyl sites for hydroxylation is 1. The number of carbonyl (C=O) groups excluding carboxylic acids is 1. The maximum absolute atomic E-state index is 12.7. The van der Waals surface area contributed by atoms with Crippen LogP contribution in [0.5, 0.6) is 0 Å². The lowest BCUT2D eigenvalue weighted by atomic mass is 10.1. The van der Waals surface area contributed by atoms with Gasteiger partial charge in [0.2, 0.25) is 0 Å². The minimum Gasteiger partial charge on any atom is -0.454 e. The topological polar surface area (TPSA) is 39.2 Å². The normalized spacial score (nSPS) is 12.0. The quantitative estimate of drug-likeness (QED) is 0.357. The van der Waals surface area contributed by atoms with E-state index < -0.39 is 6.10 Å². The number of nitrogens with zero attached hydrogens (tertiary/aromatic N) is 1. The average Bonchev–Trinajstić information content (AvgIpc) is 3.05. The molecule has 6 heteroatoms.